The summed E-state index contributed by atoms with van der Waals surface area (Å²) in [6, 6.07) is 8.76. The zero-order valence-corrected chi connectivity index (χ0v) is 11.7. The summed E-state index contributed by atoms with van der Waals surface area (Å²) in [5, 5.41) is 3.28. The van der Waals surface area contributed by atoms with Crippen LogP contribution in [0.1, 0.15) is 30.5 Å². The van der Waals surface area contributed by atoms with E-state index in [4.69, 9.17) is 9.47 Å². The molecule has 3 heteroatoms. The van der Waals surface area contributed by atoms with E-state index in [9.17, 15) is 0 Å². The van der Waals surface area contributed by atoms with Gasteiger partial charge in [-0.2, -0.15) is 0 Å². The fraction of sp³-hybridized carbons (Fsp3) is 0.600. The average Bonchev–Trinajstić information content (AvgIpc) is 2.38. The Balaban J connectivity index is 2.29. The molecule has 0 aliphatic rings. The van der Waals surface area contributed by atoms with E-state index in [0.717, 1.165) is 13.0 Å². The molecule has 0 saturated heterocycles. The van der Waals surface area contributed by atoms with Crippen LogP contribution in [0.4, 0.5) is 0 Å². The van der Waals surface area contributed by atoms with E-state index in [1.807, 2.05) is 7.05 Å². The predicted octanol–water partition coefficient (Wildman–Crippen LogP) is 2.70. The summed E-state index contributed by atoms with van der Waals surface area (Å²) in [6.07, 6.45) is 1.06. The summed E-state index contributed by atoms with van der Waals surface area (Å²) in [5.41, 5.74) is 2.55. The molecule has 0 bridgehead atoms. The molecule has 1 aromatic carbocycles. The SMILES string of the molecule is CCCOCCOCC(NC)c1cccc(C)c1. The second kappa shape index (κ2) is 9.09. The van der Waals surface area contributed by atoms with Crippen LogP contribution in [0, 0.1) is 6.92 Å². The van der Waals surface area contributed by atoms with Crippen LogP contribution < -0.4 is 5.32 Å². The first kappa shape index (κ1) is 15.2. The van der Waals surface area contributed by atoms with Crippen molar-refractivity contribution in [3.63, 3.8) is 0 Å². The molecule has 0 radical (unpaired) electrons. The van der Waals surface area contributed by atoms with E-state index in [-0.39, 0.29) is 6.04 Å². The van der Waals surface area contributed by atoms with Crippen molar-refractivity contribution >= 4 is 0 Å². The van der Waals surface area contributed by atoms with Crippen molar-refractivity contribution in [3.05, 3.63) is 35.4 Å². The summed E-state index contributed by atoms with van der Waals surface area (Å²) >= 11 is 0. The lowest BCUT2D eigenvalue weighted by Crippen LogP contribution is -2.22. The van der Waals surface area contributed by atoms with Gasteiger partial charge in [0, 0.05) is 6.61 Å². The van der Waals surface area contributed by atoms with Crippen LogP contribution in [0.3, 0.4) is 0 Å². The average molecular weight is 251 g/mol. The van der Waals surface area contributed by atoms with Gasteiger partial charge in [-0.25, -0.2) is 0 Å². The zero-order chi connectivity index (χ0) is 13.2. The van der Waals surface area contributed by atoms with Gasteiger partial charge >= 0.3 is 0 Å². The van der Waals surface area contributed by atoms with Crippen molar-refractivity contribution in [1.82, 2.24) is 5.32 Å². The minimum absolute atomic E-state index is 0.246. The summed E-state index contributed by atoms with van der Waals surface area (Å²) in [5.74, 6) is 0. The maximum absolute atomic E-state index is 5.64. The van der Waals surface area contributed by atoms with E-state index >= 15 is 0 Å². The smallest absolute Gasteiger partial charge is 0.0701 e. The minimum Gasteiger partial charge on any atom is -0.379 e. The van der Waals surface area contributed by atoms with Crippen LogP contribution in [0.15, 0.2) is 24.3 Å². The molecule has 0 aromatic heterocycles. The van der Waals surface area contributed by atoms with Crippen molar-refractivity contribution in [1.29, 1.82) is 0 Å². The molecular formula is C15H25NO2. The Bertz CT molecular complexity index is 328. The Morgan fingerprint density at radius 2 is 1.94 bits per heavy atom. The molecule has 0 aliphatic carbocycles. The van der Waals surface area contributed by atoms with E-state index in [2.05, 4.69) is 43.4 Å². The highest BCUT2D eigenvalue weighted by molar-refractivity contribution is 5.25. The molecule has 0 spiro atoms. The topological polar surface area (TPSA) is 30.5 Å². The van der Waals surface area contributed by atoms with E-state index in [0.29, 0.717) is 19.8 Å². The van der Waals surface area contributed by atoms with Gasteiger partial charge in [-0.05, 0) is 26.0 Å². The molecule has 0 amide bonds. The molecule has 3 nitrogen and oxygen atoms in total. The molecule has 0 heterocycles. The Morgan fingerprint density at radius 3 is 2.61 bits per heavy atom. The van der Waals surface area contributed by atoms with Crippen LogP contribution >= 0.6 is 0 Å². The molecular weight excluding hydrogens is 226 g/mol. The molecule has 1 rings (SSSR count). The van der Waals surface area contributed by atoms with Crippen LogP contribution in [0.25, 0.3) is 0 Å². The fourth-order valence-electron chi connectivity index (χ4n) is 1.80. The molecule has 1 aromatic rings. The minimum atomic E-state index is 0.246. The number of nitrogens with one attached hydrogen (secondary N) is 1. The van der Waals surface area contributed by atoms with Crippen LogP contribution in [-0.4, -0.2) is 33.5 Å². The third-order valence-corrected chi connectivity index (χ3v) is 2.80. The van der Waals surface area contributed by atoms with E-state index < -0.39 is 0 Å². The Hall–Kier alpha value is -0.900. The van der Waals surface area contributed by atoms with Gasteiger partial charge in [0.1, 0.15) is 0 Å². The molecule has 1 unspecified atom stereocenters. The molecule has 1 N–H and O–H groups in total. The molecule has 18 heavy (non-hydrogen) atoms. The summed E-state index contributed by atoms with van der Waals surface area (Å²) in [4.78, 5) is 0. The third kappa shape index (κ3) is 5.63. The van der Waals surface area contributed by atoms with Crippen LogP contribution in [0.2, 0.25) is 0 Å². The van der Waals surface area contributed by atoms with Crippen LogP contribution in [-0.2, 0) is 9.47 Å². The first-order chi connectivity index (χ1) is 8.77. The van der Waals surface area contributed by atoms with Crippen LogP contribution in [0.5, 0.6) is 0 Å². The maximum atomic E-state index is 5.64. The fourth-order valence-corrected chi connectivity index (χ4v) is 1.80. The van der Waals surface area contributed by atoms with Crippen molar-refractivity contribution in [2.24, 2.45) is 0 Å². The first-order valence-electron chi connectivity index (χ1n) is 6.67. The van der Waals surface area contributed by atoms with Gasteiger partial charge in [-0.3, -0.25) is 0 Å². The normalized spacial score (nSPS) is 12.6. The molecule has 1 atom stereocenters. The lowest BCUT2D eigenvalue weighted by molar-refractivity contribution is 0.0399. The third-order valence-electron chi connectivity index (χ3n) is 2.80. The Morgan fingerprint density at radius 1 is 1.17 bits per heavy atom. The second-order valence-electron chi connectivity index (χ2n) is 4.44. The lowest BCUT2D eigenvalue weighted by atomic mass is 10.1. The Labute approximate surface area is 110 Å². The van der Waals surface area contributed by atoms with Crippen molar-refractivity contribution in [3.8, 4) is 0 Å². The van der Waals surface area contributed by atoms with Crippen molar-refractivity contribution in [2.75, 3.05) is 33.5 Å². The maximum Gasteiger partial charge on any atom is 0.0701 e. The molecule has 102 valence electrons. The predicted molar refractivity (Wildman–Crippen MR) is 74.9 cm³/mol. The van der Waals surface area contributed by atoms with Crippen molar-refractivity contribution in [2.45, 2.75) is 26.3 Å². The highest BCUT2D eigenvalue weighted by atomic mass is 16.5. The van der Waals surface area contributed by atoms with Gasteiger partial charge < -0.3 is 14.8 Å². The van der Waals surface area contributed by atoms with Gasteiger partial charge in [0.2, 0.25) is 0 Å². The lowest BCUT2D eigenvalue weighted by Gasteiger charge is -2.17. The highest BCUT2D eigenvalue weighted by Gasteiger charge is 2.08. The number of hydrogen-bond acceptors (Lipinski definition) is 3. The van der Waals surface area contributed by atoms with Gasteiger partial charge in [0.15, 0.2) is 0 Å². The van der Waals surface area contributed by atoms with E-state index in [1.54, 1.807) is 0 Å². The standard InChI is InChI=1S/C15H25NO2/c1-4-8-17-9-10-18-12-15(16-3)14-7-5-6-13(2)11-14/h5-7,11,15-16H,4,8-10,12H2,1-3H3. The van der Waals surface area contributed by atoms with Crippen molar-refractivity contribution < 1.29 is 9.47 Å². The number of ether oxygens (including phenoxy) is 2. The zero-order valence-electron chi connectivity index (χ0n) is 11.7. The van der Waals surface area contributed by atoms with Gasteiger partial charge in [-0.15, -0.1) is 0 Å². The number of aryl methyl sites for hydroxylation is 1. The number of hydrogen-bond donors (Lipinski definition) is 1. The summed E-state index contributed by atoms with van der Waals surface area (Å²) < 4.78 is 11.0. The summed E-state index contributed by atoms with van der Waals surface area (Å²) in [7, 11) is 1.96. The monoisotopic (exact) mass is 251 g/mol. The molecule has 0 fully saturated rings. The van der Waals surface area contributed by atoms with Gasteiger partial charge in [0.25, 0.3) is 0 Å². The van der Waals surface area contributed by atoms with Gasteiger partial charge in [-0.1, -0.05) is 36.8 Å². The molecule has 0 saturated carbocycles. The quantitative estimate of drug-likeness (QED) is 0.685. The Kier molecular flexibility index (Phi) is 7.65. The summed E-state index contributed by atoms with van der Waals surface area (Å²) in [6.45, 7) is 7.04. The number of likely N-dealkylation sites (N-methyl/N-ethyl adjacent to an activating group) is 1. The first-order valence-corrected chi connectivity index (χ1v) is 6.67. The number of benzene rings is 1. The van der Waals surface area contributed by atoms with Gasteiger partial charge in [0.05, 0.1) is 25.9 Å². The largest absolute Gasteiger partial charge is 0.379 e. The highest BCUT2D eigenvalue weighted by Crippen LogP contribution is 2.14. The molecule has 0 aliphatic heterocycles. The van der Waals surface area contributed by atoms with E-state index in [1.165, 1.54) is 11.1 Å². The second-order valence-corrected chi connectivity index (χ2v) is 4.44. The number of rotatable bonds is 9.